The lowest BCUT2D eigenvalue weighted by molar-refractivity contribution is 0.582. The Labute approximate surface area is 112 Å². The van der Waals surface area contributed by atoms with Crippen molar-refractivity contribution in [2.45, 2.75) is 12.3 Å². The summed E-state index contributed by atoms with van der Waals surface area (Å²) < 4.78 is 13.2. The highest BCUT2D eigenvalue weighted by molar-refractivity contribution is 7.97. The number of guanidine groups is 1. The maximum atomic E-state index is 13.2. The molecule has 0 heterocycles. The van der Waals surface area contributed by atoms with E-state index in [-0.39, 0.29) is 5.82 Å². The van der Waals surface area contributed by atoms with Crippen LogP contribution in [0.25, 0.3) is 0 Å². The second kappa shape index (κ2) is 7.26. The van der Waals surface area contributed by atoms with E-state index in [1.165, 1.54) is 6.07 Å². The summed E-state index contributed by atoms with van der Waals surface area (Å²) in [7, 11) is 5.61. The van der Waals surface area contributed by atoms with E-state index in [0.717, 1.165) is 22.8 Å². The molecule has 0 amide bonds. The van der Waals surface area contributed by atoms with E-state index in [1.807, 2.05) is 31.3 Å². The summed E-state index contributed by atoms with van der Waals surface area (Å²) in [6.45, 7) is 0.654. The highest BCUT2D eigenvalue weighted by atomic mass is 32.2. The van der Waals surface area contributed by atoms with E-state index < -0.39 is 0 Å². The zero-order chi connectivity index (χ0) is 13.5. The lowest BCUT2D eigenvalue weighted by atomic mass is 10.1. The van der Waals surface area contributed by atoms with Crippen molar-refractivity contribution in [1.82, 2.24) is 10.2 Å². The first-order valence-corrected chi connectivity index (χ1v) is 7.12. The highest BCUT2D eigenvalue weighted by Gasteiger charge is 2.06. The number of rotatable bonds is 4. The lowest BCUT2D eigenvalue weighted by Gasteiger charge is -2.18. The van der Waals surface area contributed by atoms with Crippen LogP contribution in [0, 0.1) is 5.82 Å². The number of nitrogens with zero attached hydrogens (tertiary/aromatic N) is 2. The molecule has 0 aliphatic rings. The molecule has 0 aromatic heterocycles. The summed E-state index contributed by atoms with van der Waals surface area (Å²) >= 11 is 1.69. The Morgan fingerprint density at radius 3 is 2.67 bits per heavy atom. The molecule has 0 unspecified atom stereocenters. The quantitative estimate of drug-likeness (QED) is 0.671. The summed E-state index contributed by atoms with van der Waals surface area (Å²) in [5.74, 6) is 1.45. The third kappa shape index (κ3) is 4.22. The molecule has 0 radical (unpaired) electrons. The van der Waals surface area contributed by atoms with Crippen LogP contribution in [0.15, 0.2) is 23.2 Å². The number of aliphatic imine (C=N–C) groups is 1. The average Bonchev–Trinajstić information content (AvgIpc) is 2.32. The van der Waals surface area contributed by atoms with Crippen LogP contribution in [0.4, 0.5) is 4.39 Å². The lowest BCUT2D eigenvalue weighted by Crippen LogP contribution is -2.35. The SMILES string of the molecule is CN=C(NCc1ccc(F)cc1CSC)N(C)C. The van der Waals surface area contributed by atoms with Gasteiger partial charge in [0.15, 0.2) is 5.96 Å². The highest BCUT2D eigenvalue weighted by Crippen LogP contribution is 2.16. The number of thioether (sulfide) groups is 1. The molecule has 1 N–H and O–H groups in total. The second-order valence-corrected chi connectivity index (χ2v) is 5.01. The topological polar surface area (TPSA) is 27.6 Å². The van der Waals surface area contributed by atoms with Gasteiger partial charge in [-0.05, 0) is 29.5 Å². The summed E-state index contributed by atoms with van der Waals surface area (Å²) in [6, 6.07) is 4.93. The van der Waals surface area contributed by atoms with Crippen LogP contribution in [0.3, 0.4) is 0 Å². The van der Waals surface area contributed by atoms with Gasteiger partial charge < -0.3 is 10.2 Å². The zero-order valence-electron chi connectivity index (χ0n) is 11.3. The molecule has 0 spiro atoms. The van der Waals surface area contributed by atoms with Gasteiger partial charge >= 0.3 is 0 Å². The predicted octanol–water partition coefficient (Wildman–Crippen LogP) is 2.33. The third-order valence-electron chi connectivity index (χ3n) is 2.54. The van der Waals surface area contributed by atoms with Crippen LogP contribution in [0.5, 0.6) is 0 Å². The van der Waals surface area contributed by atoms with Crippen LogP contribution >= 0.6 is 11.8 Å². The summed E-state index contributed by atoms with van der Waals surface area (Å²) in [5.41, 5.74) is 2.14. The molecule has 18 heavy (non-hydrogen) atoms. The molecule has 0 aliphatic heterocycles. The molecule has 3 nitrogen and oxygen atoms in total. The Balaban J connectivity index is 2.78. The molecular formula is C13H20FN3S. The van der Waals surface area contributed by atoms with Crippen molar-refractivity contribution in [3.8, 4) is 0 Å². The number of halogens is 1. The van der Waals surface area contributed by atoms with Crippen LogP contribution in [0.2, 0.25) is 0 Å². The van der Waals surface area contributed by atoms with Crippen molar-refractivity contribution in [1.29, 1.82) is 0 Å². The van der Waals surface area contributed by atoms with Crippen LogP contribution in [-0.4, -0.2) is 38.3 Å². The van der Waals surface area contributed by atoms with Gasteiger partial charge in [-0.15, -0.1) is 0 Å². The number of hydrogen-bond donors (Lipinski definition) is 1. The molecule has 0 atom stereocenters. The predicted molar refractivity (Wildman–Crippen MR) is 77.5 cm³/mol. The van der Waals surface area contributed by atoms with E-state index >= 15 is 0 Å². The molecular weight excluding hydrogens is 249 g/mol. The Morgan fingerprint density at radius 2 is 2.11 bits per heavy atom. The summed E-state index contributed by atoms with van der Waals surface area (Å²) in [5, 5.41) is 3.25. The fourth-order valence-corrected chi connectivity index (χ4v) is 2.25. The van der Waals surface area contributed by atoms with Crippen LogP contribution in [0.1, 0.15) is 11.1 Å². The van der Waals surface area contributed by atoms with E-state index in [2.05, 4.69) is 10.3 Å². The smallest absolute Gasteiger partial charge is 0.193 e. The maximum Gasteiger partial charge on any atom is 0.193 e. The molecule has 1 aromatic carbocycles. The zero-order valence-corrected chi connectivity index (χ0v) is 12.1. The van der Waals surface area contributed by atoms with Gasteiger partial charge in [-0.3, -0.25) is 4.99 Å². The number of nitrogens with one attached hydrogen (secondary N) is 1. The molecule has 1 aromatic rings. The van der Waals surface area contributed by atoms with E-state index in [9.17, 15) is 4.39 Å². The second-order valence-electron chi connectivity index (χ2n) is 4.14. The van der Waals surface area contributed by atoms with E-state index in [1.54, 1.807) is 24.9 Å². The van der Waals surface area contributed by atoms with Gasteiger partial charge in [-0.1, -0.05) is 6.07 Å². The Hall–Kier alpha value is -1.23. The minimum Gasteiger partial charge on any atom is -0.352 e. The Bertz CT molecular complexity index is 419. The molecule has 1 rings (SSSR count). The molecule has 0 saturated carbocycles. The van der Waals surface area contributed by atoms with E-state index in [4.69, 9.17) is 0 Å². The number of benzene rings is 1. The minimum absolute atomic E-state index is 0.181. The third-order valence-corrected chi connectivity index (χ3v) is 3.14. The number of hydrogen-bond acceptors (Lipinski definition) is 2. The van der Waals surface area contributed by atoms with Gasteiger partial charge in [-0.25, -0.2) is 4.39 Å². The van der Waals surface area contributed by atoms with Gasteiger partial charge in [0, 0.05) is 33.4 Å². The largest absolute Gasteiger partial charge is 0.352 e. The van der Waals surface area contributed by atoms with Crippen molar-refractivity contribution >= 4 is 17.7 Å². The molecule has 5 heteroatoms. The molecule has 100 valence electrons. The van der Waals surface area contributed by atoms with Crippen molar-refractivity contribution in [3.63, 3.8) is 0 Å². The van der Waals surface area contributed by atoms with Crippen molar-refractivity contribution < 1.29 is 4.39 Å². The fourth-order valence-electron chi connectivity index (χ4n) is 1.67. The van der Waals surface area contributed by atoms with Crippen molar-refractivity contribution in [2.24, 2.45) is 4.99 Å². The fraction of sp³-hybridized carbons (Fsp3) is 0.462. The van der Waals surface area contributed by atoms with Gasteiger partial charge in [-0.2, -0.15) is 11.8 Å². The van der Waals surface area contributed by atoms with E-state index in [0.29, 0.717) is 6.54 Å². The van der Waals surface area contributed by atoms with Gasteiger partial charge in [0.05, 0.1) is 0 Å². The van der Waals surface area contributed by atoms with Crippen molar-refractivity contribution in [2.75, 3.05) is 27.4 Å². The molecule has 0 aliphatic carbocycles. The summed E-state index contributed by atoms with van der Waals surface area (Å²) in [4.78, 5) is 6.06. The molecule has 0 saturated heterocycles. The molecule has 0 bridgehead atoms. The first-order chi connectivity index (χ1) is 8.58. The molecule has 0 fully saturated rings. The van der Waals surface area contributed by atoms with Crippen molar-refractivity contribution in [3.05, 3.63) is 35.1 Å². The minimum atomic E-state index is -0.181. The Kier molecular flexibility index (Phi) is 5.98. The van der Waals surface area contributed by atoms with Gasteiger partial charge in [0.1, 0.15) is 5.82 Å². The average molecular weight is 269 g/mol. The first kappa shape index (κ1) is 14.8. The first-order valence-electron chi connectivity index (χ1n) is 5.72. The normalized spacial score (nSPS) is 11.5. The monoisotopic (exact) mass is 269 g/mol. The van der Waals surface area contributed by atoms with Crippen LogP contribution in [-0.2, 0) is 12.3 Å². The van der Waals surface area contributed by atoms with Crippen LogP contribution < -0.4 is 5.32 Å². The standard InChI is InChI=1S/C13H20FN3S/c1-15-13(17(2)3)16-8-10-5-6-12(14)7-11(10)9-18-4/h5-7H,8-9H2,1-4H3,(H,15,16). The Morgan fingerprint density at radius 1 is 1.39 bits per heavy atom. The van der Waals surface area contributed by atoms with Gasteiger partial charge in [0.25, 0.3) is 0 Å². The maximum absolute atomic E-state index is 13.2. The summed E-state index contributed by atoms with van der Waals surface area (Å²) in [6.07, 6.45) is 2.01. The van der Waals surface area contributed by atoms with Gasteiger partial charge in [0.2, 0.25) is 0 Å².